The van der Waals surface area contributed by atoms with E-state index in [0.717, 1.165) is 91.8 Å². The molecule has 4 N–H and O–H groups in total. The van der Waals surface area contributed by atoms with Gasteiger partial charge < -0.3 is 25.6 Å². The highest BCUT2D eigenvalue weighted by Crippen LogP contribution is 2.46. The summed E-state index contributed by atoms with van der Waals surface area (Å²) >= 11 is 0. The highest BCUT2D eigenvalue weighted by atomic mass is 16.5. The number of carbonyl (C=O) groups is 3. The smallest absolute Gasteiger partial charge is 0.300 e. The second-order valence-corrected chi connectivity index (χ2v) is 11.1. The van der Waals surface area contributed by atoms with Gasteiger partial charge in [-0.25, -0.2) is 0 Å². The van der Waals surface area contributed by atoms with Crippen LogP contribution in [0.1, 0.15) is 69.9 Å². The summed E-state index contributed by atoms with van der Waals surface area (Å²) in [5.41, 5.74) is 9.80. The first kappa shape index (κ1) is 30.1. The van der Waals surface area contributed by atoms with E-state index in [9.17, 15) is 4.79 Å². The average molecular weight is 532 g/mol. The van der Waals surface area contributed by atoms with Gasteiger partial charge in [0.25, 0.3) is 11.9 Å². The summed E-state index contributed by atoms with van der Waals surface area (Å²) in [7, 11) is 0. The highest BCUT2D eigenvalue weighted by molar-refractivity contribution is 5.79. The Morgan fingerprint density at radius 3 is 2.16 bits per heavy atom. The molecule has 0 saturated carbocycles. The van der Waals surface area contributed by atoms with Crippen molar-refractivity contribution in [2.75, 3.05) is 39.4 Å². The van der Waals surface area contributed by atoms with Gasteiger partial charge in [0.05, 0.1) is 5.92 Å². The number of benzene rings is 1. The van der Waals surface area contributed by atoms with E-state index >= 15 is 0 Å². The first-order valence-corrected chi connectivity index (χ1v) is 13.9. The maximum atomic E-state index is 13.5. The van der Waals surface area contributed by atoms with E-state index in [1.54, 1.807) is 5.56 Å². The van der Waals surface area contributed by atoms with Crippen molar-refractivity contribution in [1.82, 2.24) is 9.80 Å². The number of hydrogen-bond donors (Lipinski definition) is 3. The fraction of sp³-hybridized carbons (Fsp3) is 0.690. The highest BCUT2D eigenvalue weighted by Gasteiger charge is 2.43. The Bertz CT molecular complexity index is 920. The normalized spacial score (nSPS) is 25.2. The van der Waals surface area contributed by atoms with Crippen molar-refractivity contribution in [3.8, 4) is 0 Å². The van der Waals surface area contributed by atoms with Gasteiger partial charge >= 0.3 is 0 Å². The van der Waals surface area contributed by atoms with Crippen LogP contribution in [0, 0.1) is 5.92 Å². The van der Waals surface area contributed by atoms with Gasteiger partial charge in [0, 0.05) is 65.3 Å². The zero-order valence-electron chi connectivity index (χ0n) is 22.9. The van der Waals surface area contributed by atoms with Gasteiger partial charge in [-0.3, -0.25) is 19.3 Å². The standard InChI is InChI=1S/C25H37N3O2.2C2H4O2/c26-21-6-5-20(17-28(18-21)22-8-15-30-16-9-22)24(29)27-13-11-25(12-14-27)10-7-19-3-1-2-4-23(19)25;2*1-2(3)4/h1-4,20-22H,5-18,26H2;2*1H3,(H,3,4)/t20-,21+;;/m1../s1. The number of ether oxygens (including phenoxy) is 1. The quantitative estimate of drug-likeness (QED) is 0.531. The van der Waals surface area contributed by atoms with Crippen molar-refractivity contribution in [3.05, 3.63) is 35.4 Å². The molecule has 2 atom stereocenters. The van der Waals surface area contributed by atoms with Crippen LogP contribution < -0.4 is 5.73 Å². The number of rotatable bonds is 2. The summed E-state index contributed by atoms with van der Waals surface area (Å²) in [4.78, 5) is 36.2. The lowest BCUT2D eigenvalue weighted by Gasteiger charge is -2.42. The van der Waals surface area contributed by atoms with Crippen LogP contribution in [0.25, 0.3) is 0 Å². The fourth-order valence-corrected chi connectivity index (χ4v) is 6.50. The number of carboxylic acid groups (broad SMARTS) is 2. The lowest BCUT2D eigenvalue weighted by atomic mass is 9.73. The van der Waals surface area contributed by atoms with Gasteiger partial charge in [-0.1, -0.05) is 24.3 Å². The van der Waals surface area contributed by atoms with Gasteiger partial charge in [-0.15, -0.1) is 0 Å². The predicted molar refractivity (Wildman–Crippen MR) is 145 cm³/mol. The van der Waals surface area contributed by atoms with Gasteiger partial charge in [0.15, 0.2) is 0 Å². The summed E-state index contributed by atoms with van der Waals surface area (Å²) < 4.78 is 5.56. The van der Waals surface area contributed by atoms with E-state index in [2.05, 4.69) is 34.1 Å². The van der Waals surface area contributed by atoms with Crippen LogP contribution in [0.3, 0.4) is 0 Å². The summed E-state index contributed by atoms with van der Waals surface area (Å²) in [6.07, 6.45) is 8.72. The van der Waals surface area contributed by atoms with Crippen molar-refractivity contribution in [2.45, 2.75) is 82.7 Å². The van der Waals surface area contributed by atoms with Gasteiger partial charge in [-0.05, 0) is 67.9 Å². The molecule has 1 aromatic rings. The molecule has 0 aromatic heterocycles. The zero-order chi connectivity index (χ0) is 27.7. The summed E-state index contributed by atoms with van der Waals surface area (Å²) in [5.74, 6) is -1.19. The van der Waals surface area contributed by atoms with E-state index in [0.29, 0.717) is 17.4 Å². The van der Waals surface area contributed by atoms with Crippen LogP contribution in [0.2, 0.25) is 0 Å². The molecule has 1 amide bonds. The van der Waals surface area contributed by atoms with Crippen LogP contribution in [0.4, 0.5) is 0 Å². The zero-order valence-corrected chi connectivity index (χ0v) is 22.9. The molecule has 1 spiro atoms. The molecule has 9 heteroatoms. The minimum Gasteiger partial charge on any atom is -0.481 e. The summed E-state index contributed by atoms with van der Waals surface area (Å²) in [6.45, 7) is 7.46. The summed E-state index contributed by atoms with van der Waals surface area (Å²) in [6, 6.07) is 9.68. The number of carboxylic acids is 2. The molecule has 5 rings (SSSR count). The fourth-order valence-electron chi connectivity index (χ4n) is 6.50. The number of fused-ring (bicyclic) bond motifs is 2. The largest absolute Gasteiger partial charge is 0.481 e. The maximum Gasteiger partial charge on any atom is 0.300 e. The molecule has 0 bridgehead atoms. The molecule has 1 aliphatic carbocycles. The van der Waals surface area contributed by atoms with E-state index < -0.39 is 11.9 Å². The van der Waals surface area contributed by atoms with Crippen molar-refractivity contribution >= 4 is 17.8 Å². The first-order valence-electron chi connectivity index (χ1n) is 13.9. The Morgan fingerprint density at radius 1 is 0.921 bits per heavy atom. The number of likely N-dealkylation sites (tertiary alicyclic amines) is 2. The van der Waals surface area contributed by atoms with E-state index in [-0.39, 0.29) is 12.0 Å². The monoisotopic (exact) mass is 531 g/mol. The lowest BCUT2D eigenvalue weighted by Crippen LogP contribution is -2.50. The molecule has 3 heterocycles. The molecule has 3 saturated heterocycles. The number of hydrogen-bond acceptors (Lipinski definition) is 6. The molecule has 1 aromatic carbocycles. The number of nitrogens with two attached hydrogens (primary N) is 1. The lowest BCUT2D eigenvalue weighted by molar-refractivity contribution is -0.138. The molecular formula is C29H45N3O6. The molecular weight excluding hydrogens is 486 g/mol. The minimum atomic E-state index is -0.833. The number of aliphatic carboxylic acids is 2. The number of carbonyl (C=O) groups excluding carboxylic acids is 1. The van der Waals surface area contributed by atoms with E-state index in [1.165, 1.54) is 18.4 Å². The predicted octanol–water partition coefficient (Wildman–Crippen LogP) is 2.89. The Hall–Kier alpha value is -2.49. The Morgan fingerprint density at radius 2 is 1.53 bits per heavy atom. The van der Waals surface area contributed by atoms with Crippen LogP contribution in [-0.4, -0.2) is 89.3 Å². The Kier molecular flexibility index (Phi) is 11.1. The van der Waals surface area contributed by atoms with Gasteiger partial charge in [-0.2, -0.15) is 0 Å². The minimum absolute atomic E-state index is 0.103. The topological polar surface area (TPSA) is 133 Å². The van der Waals surface area contributed by atoms with Crippen LogP contribution in [0.15, 0.2) is 24.3 Å². The third kappa shape index (κ3) is 8.25. The number of aryl methyl sites for hydroxylation is 1. The average Bonchev–Trinajstić information content (AvgIpc) is 3.10. The van der Waals surface area contributed by atoms with Crippen molar-refractivity contribution < 1.29 is 29.3 Å². The van der Waals surface area contributed by atoms with Gasteiger partial charge in [0.2, 0.25) is 5.91 Å². The molecule has 212 valence electrons. The van der Waals surface area contributed by atoms with Crippen molar-refractivity contribution in [1.29, 1.82) is 0 Å². The van der Waals surface area contributed by atoms with Crippen LogP contribution in [0.5, 0.6) is 0 Å². The van der Waals surface area contributed by atoms with E-state index in [1.807, 2.05) is 0 Å². The molecule has 0 unspecified atom stereocenters. The molecule has 4 aliphatic rings. The Balaban J connectivity index is 0.000000443. The number of amides is 1. The molecule has 0 radical (unpaired) electrons. The van der Waals surface area contributed by atoms with E-state index in [4.69, 9.17) is 30.3 Å². The van der Waals surface area contributed by atoms with Crippen molar-refractivity contribution in [3.63, 3.8) is 0 Å². The van der Waals surface area contributed by atoms with Crippen LogP contribution >= 0.6 is 0 Å². The van der Waals surface area contributed by atoms with Crippen molar-refractivity contribution in [2.24, 2.45) is 11.7 Å². The third-order valence-electron chi connectivity index (χ3n) is 8.36. The SMILES string of the molecule is CC(=O)O.CC(=O)O.N[C@H]1CC[C@@H](C(=O)N2CCC3(CCc4ccccc43)CC2)CN(C2CCOCC2)C1. The maximum absolute atomic E-state index is 13.5. The van der Waals surface area contributed by atoms with Crippen LogP contribution in [-0.2, 0) is 31.0 Å². The first-order chi connectivity index (χ1) is 18.1. The molecule has 38 heavy (non-hydrogen) atoms. The third-order valence-corrected chi connectivity index (χ3v) is 8.36. The second-order valence-electron chi connectivity index (χ2n) is 11.1. The molecule has 3 aliphatic heterocycles. The number of piperidine rings is 1. The van der Waals surface area contributed by atoms with Gasteiger partial charge in [0.1, 0.15) is 0 Å². The number of nitrogens with zero attached hydrogens (tertiary/aromatic N) is 2. The second kappa shape index (κ2) is 14.1. The Labute approximate surface area is 226 Å². The molecule has 9 nitrogen and oxygen atoms in total. The molecule has 3 fully saturated rings. The summed E-state index contributed by atoms with van der Waals surface area (Å²) in [5, 5.41) is 14.8.